The molecule has 1 aliphatic rings. The van der Waals surface area contributed by atoms with Crippen molar-refractivity contribution in [2.75, 3.05) is 26.3 Å². The fraction of sp³-hybridized carbons (Fsp3) is 0.318. The normalized spacial score (nSPS) is 14.7. The molecule has 0 spiro atoms. The molecule has 0 saturated carbocycles. The SMILES string of the molecule is O=C(Cn1c(CN2CCOCC2)nc2ccccc2c1=O)NCc1ccc(F)cc1. The second kappa shape index (κ2) is 9.15. The van der Waals surface area contributed by atoms with Gasteiger partial charge in [0.05, 0.1) is 30.7 Å². The number of benzene rings is 2. The van der Waals surface area contributed by atoms with Crippen molar-refractivity contribution in [3.63, 3.8) is 0 Å². The van der Waals surface area contributed by atoms with Gasteiger partial charge in [0.15, 0.2) is 0 Å². The van der Waals surface area contributed by atoms with Gasteiger partial charge in [0.1, 0.15) is 18.2 Å². The Kier molecular flexibility index (Phi) is 6.15. The summed E-state index contributed by atoms with van der Waals surface area (Å²) in [7, 11) is 0. The van der Waals surface area contributed by atoms with Crippen LogP contribution in [0.1, 0.15) is 11.4 Å². The van der Waals surface area contributed by atoms with Crippen LogP contribution in [-0.4, -0.2) is 46.7 Å². The van der Waals surface area contributed by atoms with Gasteiger partial charge in [-0.1, -0.05) is 24.3 Å². The van der Waals surface area contributed by atoms with Gasteiger partial charge in [-0.05, 0) is 29.8 Å². The Balaban J connectivity index is 1.56. The third-order valence-electron chi connectivity index (χ3n) is 5.11. The average molecular weight is 410 g/mol. The fourth-order valence-corrected chi connectivity index (χ4v) is 3.46. The minimum absolute atomic E-state index is 0.127. The van der Waals surface area contributed by atoms with Crippen molar-refractivity contribution in [2.45, 2.75) is 19.6 Å². The largest absolute Gasteiger partial charge is 0.379 e. The molecule has 0 aliphatic carbocycles. The first-order valence-electron chi connectivity index (χ1n) is 9.90. The molecule has 1 N–H and O–H groups in total. The smallest absolute Gasteiger partial charge is 0.261 e. The third-order valence-corrected chi connectivity index (χ3v) is 5.11. The molecular weight excluding hydrogens is 387 g/mol. The van der Waals surface area contributed by atoms with E-state index < -0.39 is 0 Å². The minimum atomic E-state index is -0.327. The second-order valence-electron chi connectivity index (χ2n) is 7.23. The van der Waals surface area contributed by atoms with Crippen molar-refractivity contribution >= 4 is 16.8 Å². The van der Waals surface area contributed by atoms with Gasteiger partial charge in [-0.15, -0.1) is 0 Å². The Morgan fingerprint density at radius 2 is 1.83 bits per heavy atom. The summed E-state index contributed by atoms with van der Waals surface area (Å²) < 4.78 is 19.9. The molecule has 2 heterocycles. The molecular formula is C22H23FN4O3. The second-order valence-corrected chi connectivity index (χ2v) is 7.23. The van der Waals surface area contributed by atoms with Crippen LogP contribution in [0.2, 0.25) is 0 Å². The summed E-state index contributed by atoms with van der Waals surface area (Å²) in [5, 5.41) is 3.27. The molecule has 0 bridgehead atoms. The predicted molar refractivity (Wildman–Crippen MR) is 110 cm³/mol. The van der Waals surface area contributed by atoms with Crippen LogP contribution in [0.3, 0.4) is 0 Å². The van der Waals surface area contributed by atoms with Crippen molar-refractivity contribution in [3.05, 3.63) is 76.1 Å². The Morgan fingerprint density at radius 1 is 1.10 bits per heavy atom. The first-order chi connectivity index (χ1) is 14.6. The highest BCUT2D eigenvalue weighted by Gasteiger charge is 2.18. The molecule has 8 heteroatoms. The zero-order valence-corrected chi connectivity index (χ0v) is 16.5. The molecule has 30 heavy (non-hydrogen) atoms. The molecule has 4 rings (SSSR count). The van der Waals surface area contributed by atoms with E-state index in [1.807, 2.05) is 6.07 Å². The molecule has 3 aromatic rings. The lowest BCUT2D eigenvalue weighted by molar-refractivity contribution is -0.121. The summed E-state index contributed by atoms with van der Waals surface area (Å²) in [6, 6.07) is 13.1. The highest BCUT2D eigenvalue weighted by molar-refractivity contribution is 5.79. The maximum Gasteiger partial charge on any atom is 0.261 e. The number of carbonyl (C=O) groups is 1. The highest BCUT2D eigenvalue weighted by atomic mass is 19.1. The van der Waals surface area contributed by atoms with Crippen molar-refractivity contribution in [2.24, 2.45) is 0 Å². The van der Waals surface area contributed by atoms with Crippen LogP contribution in [-0.2, 0) is 29.2 Å². The number of ether oxygens (including phenoxy) is 1. The van der Waals surface area contributed by atoms with Gasteiger partial charge < -0.3 is 10.1 Å². The van der Waals surface area contributed by atoms with Crippen LogP contribution in [0.15, 0.2) is 53.3 Å². The van der Waals surface area contributed by atoms with Gasteiger partial charge in [-0.25, -0.2) is 9.37 Å². The topological polar surface area (TPSA) is 76.5 Å². The minimum Gasteiger partial charge on any atom is -0.379 e. The van der Waals surface area contributed by atoms with Crippen LogP contribution in [0.5, 0.6) is 0 Å². The molecule has 1 fully saturated rings. The van der Waals surface area contributed by atoms with Gasteiger partial charge in [0.25, 0.3) is 5.56 Å². The highest BCUT2D eigenvalue weighted by Crippen LogP contribution is 2.11. The molecule has 1 aliphatic heterocycles. The third kappa shape index (κ3) is 4.72. The molecule has 156 valence electrons. The zero-order valence-electron chi connectivity index (χ0n) is 16.5. The van der Waals surface area contributed by atoms with Gasteiger partial charge in [0.2, 0.25) is 5.91 Å². The predicted octanol–water partition coefficient (Wildman–Crippen LogP) is 1.68. The Labute approximate surface area is 173 Å². The van der Waals surface area contributed by atoms with E-state index >= 15 is 0 Å². The van der Waals surface area contributed by atoms with Gasteiger partial charge in [0, 0.05) is 19.6 Å². The number of morpholine rings is 1. The first kappa shape index (κ1) is 20.2. The molecule has 0 atom stereocenters. The van der Waals surface area contributed by atoms with Crippen molar-refractivity contribution in [3.8, 4) is 0 Å². The summed E-state index contributed by atoms with van der Waals surface area (Å²) >= 11 is 0. The van der Waals surface area contributed by atoms with Gasteiger partial charge in [-0.3, -0.25) is 19.1 Å². The number of hydrogen-bond acceptors (Lipinski definition) is 5. The van der Waals surface area contributed by atoms with Crippen molar-refractivity contribution < 1.29 is 13.9 Å². The van der Waals surface area contributed by atoms with E-state index in [9.17, 15) is 14.0 Å². The number of rotatable bonds is 6. The Morgan fingerprint density at radius 3 is 2.60 bits per heavy atom. The van der Waals surface area contributed by atoms with Crippen LogP contribution < -0.4 is 10.9 Å². The first-order valence-corrected chi connectivity index (χ1v) is 9.90. The lowest BCUT2D eigenvalue weighted by Gasteiger charge is -2.27. The Hall–Kier alpha value is -3.10. The van der Waals surface area contributed by atoms with E-state index in [1.165, 1.54) is 16.7 Å². The number of nitrogens with zero attached hydrogens (tertiary/aromatic N) is 3. The van der Waals surface area contributed by atoms with Crippen molar-refractivity contribution in [1.82, 2.24) is 19.8 Å². The van der Waals surface area contributed by atoms with E-state index in [-0.39, 0.29) is 30.4 Å². The Bertz CT molecular complexity index is 1090. The molecule has 2 aromatic carbocycles. The summed E-state index contributed by atoms with van der Waals surface area (Å²) in [4.78, 5) is 32.5. The summed E-state index contributed by atoms with van der Waals surface area (Å²) in [6.45, 7) is 3.37. The summed E-state index contributed by atoms with van der Waals surface area (Å²) in [5.74, 6) is -0.0779. The van der Waals surface area contributed by atoms with E-state index in [0.717, 1.165) is 18.7 Å². The summed E-state index contributed by atoms with van der Waals surface area (Å²) in [6.07, 6.45) is 0. The number of para-hydroxylation sites is 1. The molecule has 0 unspecified atom stereocenters. The van der Waals surface area contributed by atoms with Crippen LogP contribution in [0.4, 0.5) is 4.39 Å². The monoisotopic (exact) mass is 410 g/mol. The van der Waals surface area contributed by atoms with Crippen molar-refractivity contribution in [1.29, 1.82) is 0 Å². The number of fused-ring (bicyclic) bond motifs is 1. The maximum atomic E-state index is 13.1. The van der Waals surface area contributed by atoms with E-state index in [4.69, 9.17) is 4.74 Å². The fourth-order valence-electron chi connectivity index (χ4n) is 3.46. The van der Waals surface area contributed by atoms with Gasteiger partial charge in [-0.2, -0.15) is 0 Å². The number of nitrogens with one attached hydrogen (secondary N) is 1. The van der Waals surface area contributed by atoms with Gasteiger partial charge >= 0.3 is 0 Å². The molecule has 1 amide bonds. The van der Waals surface area contributed by atoms with Crippen LogP contribution >= 0.6 is 0 Å². The number of carbonyl (C=O) groups excluding carboxylic acids is 1. The standard InChI is InChI=1S/C22H23FN4O3/c23-17-7-5-16(6-8-17)13-24-21(28)15-27-20(14-26-9-11-30-12-10-26)25-19-4-2-1-3-18(19)22(27)29/h1-8H,9-15H2,(H,24,28). The number of halogens is 1. The number of hydrogen-bond donors (Lipinski definition) is 1. The quantitative estimate of drug-likeness (QED) is 0.669. The van der Waals surface area contributed by atoms with Crippen LogP contribution in [0, 0.1) is 5.82 Å². The lowest BCUT2D eigenvalue weighted by Crippen LogP contribution is -2.39. The molecule has 7 nitrogen and oxygen atoms in total. The summed E-state index contributed by atoms with van der Waals surface area (Å²) in [5.41, 5.74) is 1.16. The van der Waals surface area contributed by atoms with E-state index in [0.29, 0.717) is 36.5 Å². The zero-order chi connectivity index (χ0) is 20.9. The molecule has 1 aromatic heterocycles. The lowest BCUT2D eigenvalue weighted by atomic mass is 10.2. The maximum absolute atomic E-state index is 13.1. The average Bonchev–Trinajstić information content (AvgIpc) is 2.77. The van der Waals surface area contributed by atoms with E-state index in [1.54, 1.807) is 30.3 Å². The van der Waals surface area contributed by atoms with E-state index in [2.05, 4.69) is 15.2 Å². The molecule has 1 saturated heterocycles. The molecule has 0 radical (unpaired) electrons. The number of amides is 1. The van der Waals surface area contributed by atoms with Crippen LogP contribution in [0.25, 0.3) is 10.9 Å². The number of aromatic nitrogens is 2.